The maximum Gasteiger partial charge on any atom is 0.191 e. The molecule has 172 valence electrons. The number of methoxy groups -OCH3 is 1. The van der Waals surface area contributed by atoms with Crippen molar-refractivity contribution in [1.29, 1.82) is 0 Å². The number of benzene rings is 2. The van der Waals surface area contributed by atoms with E-state index in [9.17, 15) is 0 Å². The zero-order valence-electron chi connectivity index (χ0n) is 19.4. The number of fused-ring (bicyclic) bond motifs is 1. The third-order valence-corrected chi connectivity index (χ3v) is 5.79. The maximum absolute atomic E-state index is 5.24. The fourth-order valence-electron chi connectivity index (χ4n) is 3.68. The summed E-state index contributed by atoms with van der Waals surface area (Å²) in [7, 11) is 3.64. The number of hydrogen-bond donors (Lipinski definition) is 3. The van der Waals surface area contributed by atoms with Gasteiger partial charge in [-0.3, -0.25) is 0 Å². The molecule has 0 aliphatic heterocycles. The number of aliphatic imine (C=N–C) groups is 1. The summed E-state index contributed by atoms with van der Waals surface area (Å²) < 4.78 is 7.20. The van der Waals surface area contributed by atoms with Gasteiger partial charge < -0.3 is 24.9 Å². The Morgan fingerprint density at radius 2 is 1.79 bits per heavy atom. The van der Waals surface area contributed by atoms with Gasteiger partial charge in [-0.25, -0.2) is 4.99 Å². The number of aryl methyl sites for hydroxylation is 1. The van der Waals surface area contributed by atoms with Gasteiger partial charge >= 0.3 is 0 Å². The van der Waals surface area contributed by atoms with Crippen molar-refractivity contribution in [3.63, 3.8) is 0 Å². The Bertz CT molecular complexity index is 1210. The highest BCUT2D eigenvalue weighted by Gasteiger charge is 2.07. The van der Waals surface area contributed by atoms with Crippen LogP contribution in [-0.2, 0) is 26.4 Å². The van der Waals surface area contributed by atoms with Gasteiger partial charge in [-0.15, -0.1) is 10.2 Å². The molecule has 8 heteroatoms. The number of nitrogens with one attached hydrogen (secondary N) is 3. The Morgan fingerprint density at radius 3 is 2.52 bits per heavy atom. The van der Waals surface area contributed by atoms with E-state index in [1.165, 1.54) is 16.5 Å². The van der Waals surface area contributed by atoms with Crippen molar-refractivity contribution < 1.29 is 4.74 Å². The molecule has 0 atom stereocenters. The third kappa shape index (κ3) is 5.71. The Labute approximate surface area is 194 Å². The summed E-state index contributed by atoms with van der Waals surface area (Å²) in [5, 5.41) is 16.5. The number of para-hydroxylation sites is 1. The third-order valence-electron chi connectivity index (χ3n) is 5.79. The molecular formula is C25H31N7O. The largest absolute Gasteiger partial charge is 0.497 e. The number of rotatable bonds is 9. The van der Waals surface area contributed by atoms with Gasteiger partial charge in [0, 0.05) is 37.2 Å². The van der Waals surface area contributed by atoms with Crippen LogP contribution in [0.15, 0.2) is 59.7 Å². The molecule has 0 spiro atoms. The molecule has 0 unspecified atom stereocenters. The van der Waals surface area contributed by atoms with Crippen LogP contribution in [0.3, 0.4) is 0 Å². The molecule has 3 N–H and O–H groups in total. The Balaban J connectivity index is 1.37. The Kier molecular flexibility index (Phi) is 7.24. The predicted molar refractivity (Wildman–Crippen MR) is 132 cm³/mol. The lowest BCUT2D eigenvalue weighted by Crippen LogP contribution is -2.39. The minimum atomic E-state index is 0.461. The number of guanidine groups is 1. The predicted octanol–water partition coefficient (Wildman–Crippen LogP) is 3.13. The fraction of sp³-hybridized carbons (Fsp3) is 0.320. The van der Waals surface area contributed by atoms with Crippen LogP contribution < -0.4 is 15.4 Å². The van der Waals surface area contributed by atoms with Crippen molar-refractivity contribution in [2.75, 3.05) is 20.2 Å². The molecule has 0 saturated heterocycles. The minimum absolute atomic E-state index is 0.461. The summed E-state index contributed by atoms with van der Waals surface area (Å²) in [6, 6.07) is 16.5. The van der Waals surface area contributed by atoms with Gasteiger partial charge in [-0.2, -0.15) is 0 Å². The smallest absolute Gasteiger partial charge is 0.191 e. The van der Waals surface area contributed by atoms with E-state index in [2.05, 4.69) is 62.3 Å². The molecule has 0 radical (unpaired) electrons. The first-order valence-corrected chi connectivity index (χ1v) is 11.2. The van der Waals surface area contributed by atoms with Gasteiger partial charge in [-0.1, -0.05) is 30.3 Å². The topological polar surface area (TPSA) is 92.2 Å². The Hall–Kier alpha value is -3.81. The first kappa shape index (κ1) is 22.4. The molecule has 8 nitrogen and oxygen atoms in total. The van der Waals surface area contributed by atoms with Crippen LogP contribution in [0.1, 0.15) is 22.8 Å². The van der Waals surface area contributed by atoms with E-state index in [4.69, 9.17) is 9.73 Å². The monoisotopic (exact) mass is 445 g/mol. The van der Waals surface area contributed by atoms with E-state index in [1.54, 1.807) is 7.11 Å². The van der Waals surface area contributed by atoms with Crippen molar-refractivity contribution >= 4 is 16.9 Å². The van der Waals surface area contributed by atoms with Crippen molar-refractivity contribution in [2.45, 2.75) is 26.3 Å². The summed E-state index contributed by atoms with van der Waals surface area (Å²) in [5.74, 6) is 3.35. The molecule has 4 aromatic rings. The van der Waals surface area contributed by atoms with Crippen molar-refractivity contribution in [2.24, 2.45) is 12.0 Å². The zero-order chi connectivity index (χ0) is 23.0. The number of ether oxygens (including phenoxy) is 1. The molecule has 4 rings (SSSR count). The quantitative estimate of drug-likeness (QED) is 0.272. The highest BCUT2D eigenvalue weighted by atomic mass is 16.5. The van der Waals surface area contributed by atoms with Crippen LogP contribution in [0.4, 0.5) is 0 Å². The fourth-order valence-corrected chi connectivity index (χ4v) is 3.68. The molecule has 0 aliphatic carbocycles. The molecule has 0 saturated carbocycles. The highest BCUT2D eigenvalue weighted by Crippen LogP contribution is 2.17. The van der Waals surface area contributed by atoms with Crippen molar-refractivity contribution in [3.8, 4) is 5.75 Å². The number of aromatic nitrogens is 4. The minimum Gasteiger partial charge on any atom is -0.497 e. The Morgan fingerprint density at radius 1 is 1.03 bits per heavy atom. The van der Waals surface area contributed by atoms with Crippen LogP contribution in [-0.4, -0.2) is 45.9 Å². The van der Waals surface area contributed by atoms with Gasteiger partial charge in [0.1, 0.15) is 18.1 Å². The molecule has 2 heterocycles. The molecule has 0 amide bonds. The first-order valence-electron chi connectivity index (χ1n) is 11.2. The lowest BCUT2D eigenvalue weighted by molar-refractivity contribution is 0.414. The average molecular weight is 446 g/mol. The average Bonchev–Trinajstić information content (AvgIpc) is 3.40. The summed E-state index contributed by atoms with van der Waals surface area (Å²) >= 11 is 0. The number of H-pyrrole nitrogens is 1. The van der Waals surface area contributed by atoms with E-state index >= 15 is 0 Å². The molecule has 0 fully saturated rings. The maximum atomic E-state index is 5.24. The lowest BCUT2D eigenvalue weighted by atomic mass is 10.1. The van der Waals surface area contributed by atoms with Gasteiger partial charge in [0.25, 0.3) is 0 Å². The number of hydrogen-bond acceptors (Lipinski definition) is 4. The summed E-state index contributed by atoms with van der Waals surface area (Å²) in [5.41, 5.74) is 3.70. The van der Waals surface area contributed by atoms with E-state index in [0.29, 0.717) is 6.54 Å². The van der Waals surface area contributed by atoms with E-state index in [-0.39, 0.29) is 0 Å². The second-order valence-electron chi connectivity index (χ2n) is 7.95. The van der Waals surface area contributed by atoms with Gasteiger partial charge in [0.05, 0.1) is 7.11 Å². The van der Waals surface area contributed by atoms with Crippen LogP contribution in [0.2, 0.25) is 0 Å². The highest BCUT2D eigenvalue weighted by molar-refractivity contribution is 5.83. The molecule has 0 bridgehead atoms. The standard InChI is InChI=1S/C25H31N7O/c1-18-30-31-24(32(18)2)17-29-25(26-14-12-19-8-10-21(33-3)11-9-19)27-15-13-20-16-28-23-7-5-4-6-22(20)23/h4-11,16,28H,12-15,17H2,1-3H3,(H2,26,27,29). The van der Waals surface area contributed by atoms with E-state index in [1.807, 2.05) is 36.7 Å². The first-order chi connectivity index (χ1) is 16.1. The van der Waals surface area contributed by atoms with Crippen molar-refractivity contribution in [1.82, 2.24) is 30.4 Å². The second-order valence-corrected chi connectivity index (χ2v) is 7.95. The van der Waals surface area contributed by atoms with Crippen LogP contribution in [0, 0.1) is 6.92 Å². The molecular weight excluding hydrogens is 414 g/mol. The SMILES string of the molecule is COc1ccc(CCNC(=NCc2nnc(C)n2C)NCCc2c[nH]c3ccccc23)cc1. The molecule has 0 aliphatic rings. The van der Waals surface area contributed by atoms with Crippen LogP contribution >= 0.6 is 0 Å². The van der Waals surface area contributed by atoms with Crippen molar-refractivity contribution in [3.05, 3.63) is 77.5 Å². The van der Waals surface area contributed by atoms with E-state index in [0.717, 1.165) is 54.8 Å². The lowest BCUT2D eigenvalue weighted by Gasteiger charge is -2.13. The van der Waals surface area contributed by atoms with Gasteiger partial charge in [0.2, 0.25) is 0 Å². The summed E-state index contributed by atoms with van der Waals surface area (Å²) in [6.45, 7) is 3.94. The molecule has 33 heavy (non-hydrogen) atoms. The van der Waals surface area contributed by atoms with Crippen LogP contribution in [0.25, 0.3) is 10.9 Å². The molecule has 2 aromatic carbocycles. The molecule has 2 aromatic heterocycles. The summed E-state index contributed by atoms with van der Waals surface area (Å²) in [6.07, 6.45) is 3.87. The number of aromatic amines is 1. The van der Waals surface area contributed by atoms with Gasteiger partial charge in [-0.05, 0) is 49.1 Å². The van der Waals surface area contributed by atoms with Crippen LogP contribution in [0.5, 0.6) is 5.75 Å². The zero-order valence-corrected chi connectivity index (χ0v) is 19.4. The second kappa shape index (κ2) is 10.7. The van der Waals surface area contributed by atoms with E-state index < -0.39 is 0 Å². The normalized spacial score (nSPS) is 11.7. The number of nitrogens with zero attached hydrogens (tertiary/aromatic N) is 4. The van der Waals surface area contributed by atoms with Gasteiger partial charge in [0.15, 0.2) is 11.8 Å². The summed E-state index contributed by atoms with van der Waals surface area (Å²) in [4.78, 5) is 8.09.